The first-order chi connectivity index (χ1) is 25.1. The molecule has 51 heavy (non-hydrogen) atoms. The summed E-state index contributed by atoms with van der Waals surface area (Å²) in [4.78, 5) is 2.44. The van der Waals surface area contributed by atoms with Crippen molar-refractivity contribution in [2.45, 2.75) is 19.3 Å². The van der Waals surface area contributed by atoms with Crippen LogP contribution in [0.4, 0.5) is 17.1 Å². The molecule has 0 amide bonds. The summed E-state index contributed by atoms with van der Waals surface area (Å²) in [6.45, 7) is 4.70. The van der Waals surface area contributed by atoms with E-state index in [-0.39, 0.29) is 5.41 Å². The summed E-state index contributed by atoms with van der Waals surface area (Å²) in [7, 11) is 0. The lowest BCUT2D eigenvalue weighted by Crippen LogP contribution is -2.15. The fraction of sp³-hybridized carbons (Fsp3) is 0.0612. The fourth-order valence-electron chi connectivity index (χ4n) is 8.40. The molecule has 1 heterocycles. The Labute approximate surface area is 297 Å². The number of nitrogens with zero attached hydrogens (tertiary/aromatic N) is 1. The van der Waals surface area contributed by atoms with Crippen molar-refractivity contribution >= 4 is 49.8 Å². The molecule has 8 aromatic carbocycles. The lowest BCUT2D eigenvalue weighted by atomic mass is 9.82. The van der Waals surface area contributed by atoms with Gasteiger partial charge in [0.1, 0.15) is 11.2 Å². The monoisotopic (exact) mass is 653 g/mol. The lowest BCUT2D eigenvalue weighted by Gasteiger charge is -2.30. The highest BCUT2D eigenvalue weighted by molar-refractivity contribution is 6.07. The van der Waals surface area contributed by atoms with Crippen LogP contribution in [-0.4, -0.2) is 0 Å². The highest BCUT2D eigenvalue weighted by Crippen LogP contribution is 2.54. The average molecular weight is 654 g/mol. The van der Waals surface area contributed by atoms with Gasteiger partial charge in [-0.2, -0.15) is 0 Å². The van der Waals surface area contributed by atoms with E-state index in [9.17, 15) is 0 Å². The van der Waals surface area contributed by atoms with Gasteiger partial charge in [-0.25, -0.2) is 0 Å². The van der Waals surface area contributed by atoms with Crippen LogP contribution in [0.2, 0.25) is 0 Å². The second kappa shape index (κ2) is 11.3. The van der Waals surface area contributed by atoms with Crippen molar-refractivity contribution in [3.8, 4) is 33.4 Å². The van der Waals surface area contributed by atoms with Gasteiger partial charge in [-0.05, 0) is 86.8 Å². The minimum absolute atomic E-state index is 0.0756. The molecule has 0 atom stereocenters. The zero-order valence-electron chi connectivity index (χ0n) is 28.6. The molecule has 0 aliphatic heterocycles. The summed E-state index contributed by atoms with van der Waals surface area (Å²) in [6, 6.07) is 63.8. The first kappa shape index (κ1) is 29.5. The smallest absolute Gasteiger partial charge is 0.135 e. The maximum atomic E-state index is 6.13. The van der Waals surface area contributed by atoms with E-state index in [0.717, 1.165) is 44.6 Å². The largest absolute Gasteiger partial charge is 0.456 e. The second-order valence-electron chi connectivity index (χ2n) is 14.1. The summed E-state index contributed by atoms with van der Waals surface area (Å²) in [5.41, 5.74) is 15.3. The molecule has 0 saturated heterocycles. The third-order valence-electron chi connectivity index (χ3n) is 10.9. The van der Waals surface area contributed by atoms with E-state index >= 15 is 0 Å². The van der Waals surface area contributed by atoms with E-state index in [4.69, 9.17) is 4.42 Å². The SMILES string of the molecule is CC1(C)c2ccccc2-c2c(-c3ccccc3N(c3ccc(-c4ccc5oc6ccccc6c5c4)cc3)c3cccc4ccccc34)cccc21. The van der Waals surface area contributed by atoms with Crippen molar-refractivity contribution in [1.29, 1.82) is 0 Å². The number of rotatable bonds is 5. The Bertz CT molecular complexity index is 2780. The van der Waals surface area contributed by atoms with Crippen LogP contribution in [0.25, 0.3) is 66.1 Å². The van der Waals surface area contributed by atoms with Crippen LogP contribution >= 0.6 is 0 Å². The molecule has 10 rings (SSSR count). The van der Waals surface area contributed by atoms with E-state index in [1.165, 1.54) is 49.7 Å². The molecule has 1 aromatic heterocycles. The Morgan fingerprint density at radius 1 is 0.431 bits per heavy atom. The minimum atomic E-state index is -0.0756. The van der Waals surface area contributed by atoms with Crippen molar-refractivity contribution in [3.05, 3.63) is 187 Å². The van der Waals surface area contributed by atoms with Gasteiger partial charge in [0.15, 0.2) is 0 Å². The quantitative estimate of drug-likeness (QED) is 0.184. The van der Waals surface area contributed by atoms with Crippen molar-refractivity contribution in [3.63, 3.8) is 0 Å². The molecule has 2 nitrogen and oxygen atoms in total. The van der Waals surface area contributed by atoms with Crippen LogP contribution in [0.5, 0.6) is 0 Å². The summed E-state index contributed by atoms with van der Waals surface area (Å²) in [6.07, 6.45) is 0. The van der Waals surface area contributed by atoms with E-state index < -0.39 is 0 Å². The van der Waals surface area contributed by atoms with Gasteiger partial charge in [-0.3, -0.25) is 0 Å². The molecule has 0 spiro atoms. The van der Waals surface area contributed by atoms with Gasteiger partial charge in [-0.1, -0.05) is 147 Å². The number of fused-ring (bicyclic) bond motifs is 7. The number of hydrogen-bond acceptors (Lipinski definition) is 2. The van der Waals surface area contributed by atoms with Crippen molar-refractivity contribution in [2.24, 2.45) is 0 Å². The maximum Gasteiger partial charge on any atom is 0.135 e. The molecule has 0 unspecified atom stereocenters. The molecule has 9 aromatic rings. The molecule has 1 aliphatic carbocycles. The number of hydrogen-bond donors (Lipinski definition) is 0. The predicted molar refractivity (Wildman–Crippen MR) is 214 cm³/mol. The number of furan rings is 1. The topological polar surface area (TPSA) is 16.4 Å². The van der Waals surface area contributed by atoms with E-state index in [2.05, 4.69) is 183 Å². The third kappa shape index (κ3) is 4.57. The Morgan fingerprint density at radius 3 is 1.92 bits per heavy atom. The van der Waals surface area contributed by atoms with Crippen molar-refractivity contribution in [2.75, 3.05) is 4.90 Å². The van der Waals surface area contributed by atoms with Gasteiger partial charge in [-0.15, -0.1) is 0 Å². The van der Waals surface area contributed by atoms with Gasteiger partial charge < -0.3 is 9.32 Å². The molecule has 0 saturated carbocycles. The number of para-hydroxylation sites is 2. The predicted octanol–water partition coefficient (Wildman–Crippen LogP) is 13.8. The van der Waals surface area contributed by atoms with Crippen LogP contribution in [0.15, 0.2) is 180 Å². The zero-order chi connectivity index (χ0) is 34.1. The third-order valence-corrected chi connectivity index (χ3v) is 10.9. The number of benzene rings is 8. The Kier molecular flexibility index (Phi) is 6.56. The molecule has 0 fully saturated rings. The van der Waals surface area contributed by atoms with Crippen LogP contribution in [0.1, 0.15) is 25.0 Å². The molecular formula is C49H35NO. The highest BCUT2D eigenvalue weighted by Gasteiger charge is 2.37. The Morgan fingerprint density at radius 2 is 1.04 bits per heavy atom. The van der Waals surface area contributed by atoms with Crippen molar-refractivity contribution in [1.82, 2.24) is 0 Å². The lowest BCUT2D eigenvalue weighted by molar-refractivity contribution is 0.660. The van der Waals surface area contributed by atoms with Crippen LogP contribution in [0, 0.1) is 0 Å². The van der Waals surface area contributed by atoms with Gasteiger partial charge in [0, 0.05) is 32.8 Å². The van der Waals surface area contributed by atoms with Crippen LogP contribution in [0.3, 0.4) is 0 Å². The van der Waals surface area contributed by atoms with Crippen LogP contribution in [-0.2, 0) is 5.41 Å². The Hall–Kier alpha value is -6.38. The first-order valence-electron chi connectivity index (χ1n) is 17.7. The standard InChI is InChI=1S/C49H35NO/c1-49(2)42-20-8-5-18-40(42)48-39(19-12-21-43(48)49)37-16-6-9-22-45(37)50(44-23-11-14-33-13-3-4-15-36(33)44)35-28-25-32(26-29-35)34-27-30-47-41(31-34)38-17-7-10-24-46(38)51-47/h3-31H,1-2H3. The summed E-state index contributed by atoms with van der Waals surface area (Å²) < 4.78 is 6.13. The first-order valence-corrected chi connectivity index (χ1v) is 17.7. The van der Waals surface area contributed by atoms with E-state index in [1.54, 1.807) is 0 Å². The summed E-state index contributed by atoms with van der Waals surface area (Å²) in [5.74, 6) is 0. The molecule has 0 bridgehead atoms. The number of anilines is 3. The van der Waals surface area contributed by atoms with E-state index in [1.807, 2.05) is 12.1 Å². The maximum absolute atomic E-state index is 6.13. The van der Waals surface area contributed by atoms with Gasteiger partial charge in [0.05, 0.1) is 11.4 Å². The van der Waals surface area contributed by atoms with Crippen LogP contribution < -0.4 is 4.90 Å². The summed E-state index contributed by atoms with van der Waals surface area (Å²) in [5, 5.41) is 4.70. The minimum Gasteiger partial charge on any atom is -0.456 e. The second-order valence-corrected chi connectivity index (χ2v) is 14.1. The van der Waals surface area contributed by atoms with E-state index in [0.29, 0.717) is 0 Å². The molecule has 1 aliphatic rings. The van der Waals surface area contributed by atoms with Gasteiger partial charge >= 0.3 is 0 Å². The molecule has 2 heteroatoms. The van der Waals surface area contributed by atoms with Gasteiger partial charge in [0.25, 0.3) is 0 Å². The fourth-order valence-corrected chi connectivity index (χ4v) is 8.40. The molecule has 242 valence electrons. The molecule has 0 radical (unpaired) electrons. The Balaban J connectivity index is 1.16. The van der Waals surface area contributed by atoms with Gasteiger partial charge in [0.2, 0.25) is 0 Å². The average Bonchev–Trinajstić information content (AvgIpc) is 3.67. The normalized spacial score (nSPS) is 13.1. The summed E-state index contributed by atoms with van der Waals surface area (Å²) >= 11 is 0. The molecular weight excluding hydrogens is 619 g/mol. The molecule has 0 N–H and O–H groups in total. The zero-order valence-corrected chi connectivity index (χ0v) is 28.6. The van der Waals surface area contributed by atoms with Crippen molar-refractivity contribution < 1.29 is 4.42 Å². The highest BCUT2D eigenvalue weighted by atomic mass is 16.3.